The molecule has 0 saturated carbocycles. The molecule has 0 aliphatic heterocycles. The number of rotatable bonds is 6. The average Bonchev–Trinajstić information content (AvgIpc) is 3.05. The summed E-state index contributed by atoms with van der Waals surface area (Å²) in [6.07, 6.45) is 0. The van der Waals surface area contributed by atoms with Gasteiger partial charge in [0.2, 0.25) is 0 Å². The Bertz CT molecular complexity index is 743. The van der Waals surface area contributed by atoms with Crippen LogP contribution < -0.4 is 15.8 Å². The summed E-state index contributed by atoms with van der Waals surface area (Å²) < 4.78 is 5.52. The van der Waals surface area contributed by atoms with E-state index in [1.807, 2.05) is 6.92 Å². The van der Waals surface area contributed by atoms with Crippen molar-refractivity contribution in [3.8, 4) is 5.75 Å². The predicted octanol–water partition coefficient (Wildman–Crippen LogP) is 1.95. The first kappa shape index (κ1) is 17.9. The maximum Gasteiger partial charge on any atom is 0.275 e. The van der Waals surface area contributed by atoms with E-state index < -0.39 is 0 Å². The Morgan fingerprint density at radius 2 is 2.12 bits per heavy atom. The number of nitrogens with two attached hydrogens (primary N) is 1. The standard InChI is InChI=1S/C16H20N4O3S/c1-4-23-13-6-5-10(16(22)20(2)3)7-11(13)19-15(21)12-9-24-14(8-17)18-12/h5-7,9H,4,8,17H2,1-3H3,(H,19,21). The van der Waals surface area contributed by atoms with E-state index in [9.17, 15) is 9.59 Å². The highest BCUT2D eigenvalue weighted by Gasteiger charge is 2.16. The van der Waals surface area contributed by atoms with Crippen molar-refractivity contribution in [2.24, 2.45) is 5.73 Å². The SMILES string of the molecule is CCOc1ccc(C(=O)N(C)C)cc1NC(=O)c1csc(CN)n1. The van der Waals surface area contributed by atoms with Gasteiger partial charge in [-0.2, -0.15) is 0 Å². The van der Waals surface area contributed by atoms with Gasteiger partial charge in [0.05, 0.1) is 12.3 Å². The van der Waals surface area contributed by atoms with Crippen molar-refractivity contribution in [2.75, 3.05) is 26.0 Å². The largest absolute Gasteiger partial charge is 0.492 e. The molecule has 8 heteroatoms. The third-order valence-corrected chi connectivity index (χ3v) is 4.01. The molecule has 0 fully saturated rings. The van der Waals surface area contributed by atoms with Crippen molar-refractivity contribution < 1.29 is 14.3 Å². The van der Waals surface area contributed by atoms with Gasteiger partial charge >= 0.3 is 0 Å². The molecule has 0 unspecified atom stereocenters. The second-order valence-corrected chi connectivity index (χ2v) is 6.07. The van der Waals surface area contributed by atoms with Crippen LogP contribution in [0.15, 0.2) is 23.6 Å². The third kappa shape index (κ3) is 4.09. The molecular weight excluding hydrogens is 328 g/mol. The number of nitrogens with one attached hydrogen (secondary N) is 1. The van der Waals surface area contributed by atoms with Crippen LogP contribution in [0.4, 0.5) is 5.69 Å². The lowest BCUT2D eigenvalue weighted by molar-refractivity contribution is 0.0827. The van der Waals surface area contributed by atoms with Gasteiger partial charge in [0.25, 0.3) is 11.8 Å². The van der Waals surface area contributed by atoms with Crippen molar-refractivity contribution in [1.82, 2.24) is 9.88 Å². The van der Waals surface area contributed by atoms with Crippen molar-refractivity contribution >= 4 is 28.8 Å². The van der Waals surface area contributed by atoms with Crippen LogP contribution in [0.3, 0.4) is 0 Å². The quantitative estimate of drug-likeness (QED) is 0.831. The first-order valence-electron chi connectivity index (χ1n) is 7.40. The number of anilines is 1. The summed E-state index contributed by atoms with van der Waals surface area (Å²) in [6, 6.07) is 4.93. The molecule has 2 aromatic rings. The molecule has 7 nitrogen and oxygen atoms in total. The van der Waals surface area contributed by atoms with Crippen LogP contribution in [-0.4, -0.2) is 42.4 Å². The van der Waals surface area contributed by atoms with Crippen LogP contribution in [0.2, 0.25) is 0 Å². The van der Waals surface area contributed by atoms with Crippen molar-refractivity contribution in [3.63, 3.8) is 0 Å². The van der Waals surface area contributed by atoms with E-state index in [0.717, 1.165) is 0 Å². The number of carbonyl (C=O) groups is 2. The minimum Gasteiger partial charge on any atom is -0.492 e. The van der Waals surface area contributed by atoms with E-state index in [4.69, 9.17) is 10.5 Å². The molecule has 1 aromatic carbocycles. The van der Waals surface area contributed by atoms with Crippen LogP contribution in [0, 0.1) is 0 Å². The smallest absolute Gasteiger partial charge is 0.275 e. The zero-order valence-electron chi connectivity index (χ0n) is 13.8. The summed E-state index contributed by atoms with van der Waals surface area (Å²) in [5.41, 5.74) is 6.69. The normalized spacial score (nSPS) is 10.3. The summed E-state index contributed by atoms with van der Waals surface area (Å²) in [5.74, 6) is -0.0376. The number of hydrogen-bond donors (Lipinski definition) is 2. The molecule has 0 saturated heterocycles. The first-order chi connectivity index (χ1) is 11.5. The fourth-order valence-electron chi connectivity index (χ4n) is 2.00. The fourth-order valence-corrected chi connectivity index (χ4v) is 2.65. The maximum atomic E-state index is 12.4. The molecule has 24 heavy (non-hydrogen) atoms. The first-order valence-corrected chi connectivity index (χ1v) is 8.28. The Balaban J connectivity index is 2.29. The number of ether oxygens (including phenoxy) is 1. The maximum absolute atomic E-state index is 12.4. The predicted molar refractivity (Wildman–Crippen MR) is 93.6 cm³/mol. The Hall–Kier alpha value is -2.45. The highest BCUT2D eigenvalue weighted by Crippen LogP contribution is 2.27. The monoisotopic (exact) mass is 348 g/mol. The molecule has 128 valence electrons. The Morgan fingerprint density at radius 1 is 1.38 bits per heavy atom. The summed E-state index contributed by atoms with van der Waals surface area (Å²) in [7, 11) is 3.33. The number of aromatic nitrogens is 1. The van der Waals surface area contributed by atoms with Gasteiger partial charge in [0.15, 0.2) is 0 Å². The molecule has 0 atom stereocenters. The van der Waals surface area contributed by atoms with E-state index in [1.165, 1.54) is 16.2 Å². The number of amides is 2. The number of carbonyl (C=O) groups excluding carboxylic acids is 2. The van der Waals surface area contributed by atoms with Gasteiger partial charge in [-0.05, 0) is 25.1 Å². The molecular formula is C16H20N4O3S. The molecule has 0 radical (unpaired) electrons. The lowest BCUT2D eigenvalue weighted by Gasteiger charge is -2.15. The van der Waals surface area contributed by atoms with Crippen molar-refractivity contribution in [3.05, 3.63) is 39.8 Å². The van der Waals surface area contributed by atoms with Gasteiger partial charge < -0.3 is 20.7 Å². The molecule has 3 N–H and O–H groups in total. The van der Waals surface area contributed by atoms with Crippen LogP contribution in [0.25, 0.3) is 0 Å². The van der Waals surface area contributed by atoms with Crippen LogP contribution >= 0.6 is 11.3 Å². The lowest BCUT2D eigenvalue weighted by atomic mass is 10.1. The van der Waals surface area contributed by atoms with Gasteiger partial charge in [-0.25, -0.2) is 4.98 Å². The highest BCUT2D eigenvalue weighted by molar-refractivity contribution is 7.09. The third-order valence-electron chi connectivity index (χ3n) is 3.14. The molecule has 2 amide bonds. The Morgan fingerprint density at radius 3 is 2.71 bits per heavy atom. The highest BCUT2D eigenvalue weighted by atomic mass is 32.1. The second kappa shape index (κ2) is 7.89. The zero-order chi connectivity index (χ0) is 17.7. The number of benzene rings is 1. The van der Waals surface area contributed by atoms with Crippen LogP contribution in [0.5, 0.6) is 5.75 Å². The van der Waals surface area contributed by atoms with E-state index in [0.29, 0.717) is 28.6 Å². The van der Waals surface area contributed by atoms with Crippen LogP contribution in [0.1, 0.15) is 32.8 Å². The summed E-state index contributed by atoms with van der Waals surface area (Å²) in [4.78, 5) is 30.1. The summed E-state index contributed by atoms with van der Waals surface area (Å²) in [5, 5.41) is 5.08. The number of nitrogens with zero attached hydrogens (tertiary/aromatic N) is 2. The molecule has 2 rings (SSSR count). The zero-order valence-corrected chi connectivity index (χ0v) is 14.6. The van der Waals surface area contributed by atoms with Gasteiger partial charge in [-0.1, -0.05) is 0 Å². The van der Waals surface area contributed by atoms with E-state index >= 15 is 0 Å². The molecule has 0 spiro atoms. The van der Waals surface area contributed by atoms with E-state index in [-0.39, 0.29) is 24.1 Å². The minimum atomic E-state index is -0.374. The van der Waals surface area contributed by atoms with E-state index in [1.54, 1.807) is 37.7 Å². The Kier molecular flexibility index (Phi) is 5.88. The molecule has 1 aromatic heterocycles. The summed E-state index contributed by atoms with van der Waals surface area (Å²) in [6.45, 7) is 2.57. The molecule has 0 aliphatic rings. The van der Waals surface area contributed by atoms with Gasteiger partial charge in [0, 0.05) is 31.6 Å². The molecule has 1 heterocycles. The minimum absolute atomic E-state index is 0.160. The topological polar surface area (TPSA) is 97.5 Å². The fraction of sp³-hybridized carbons (Fsp3) is 0.312. The van der Waals surface area contributed by atoms with Gasteiger partial charge in [0.1, 0.15) is 16.5 Å². The summed E-state index contributed by atoms with van der Waals surface area (Å²) >= 11 is 1.33. The van der Waals surface area contributed by atoms with Crippen molar-refractivity contribution in [1.29, 1.82) is 0 Å². The van der Waals surface area contributed by atoms with E-state index in [2.05, 4.69) is 10.3 Å². The lowest BCUT2D eigenvalue weighted by Crippen LogP contribution is -2.22. The Labute approximate surface area is 144 Å². The number of thiazole rings is 1. The molecule has 0 bridgehead atoms. The number of hydrogen-bond acceptors (Lipinski definition) is 6. The average molecular weight is 348 g/mol. The van der Waals surface area contributed by atoms with Gasteiger partial charge in [-0.3, -0.25) is 9.59 Å². The second-order valence-electron chi connectivity index (χ2n) is 5.13. The van der Waals surface area contributed by atoms with Crippen molar-refractivity contribution in [2.45, 2.75) is 13.5 Å². The van der Waals surface area contributed by atoms with Gasteiger partial charge in [-0.15, -0.1) is 11.3 Å². The molecule has 0 aliphatic carbocycles. The van der Waals surface area contributed by atoms with Crippen LogP contribution in [-0.2, 0) is 6.54 Å².